The van der Waals surface area contributed by atoms with E-state index in [-0.39, 0.29) is 18.6 Å². The standard InChI is InChI=1S/C23H43NO5/c1-5-6-7-8-9-10-11-12-13-14-15-16-20(25)17-23(28)29-21(18-22(26)27)19-24(2,3)4/h21H,5-19H2,1-4H3. The van der Waals surface area contributed by atoms with Gasteiger partial charge >= 0.3 is 5.97 Å². The number of ether oxygens (including phenoxy) is 1. The zero-order chi connectivity index (χ0) is 22.1. The molecule has 0 saturated heterocycles. The lowest BCUT2D eigenvalue weighted by Crippen LogP contribution is -2.45. The van der Waals surface area contributed by atoms with Crippen LogP contribution in [-0.4, -0.2) is 56.0 Å². The number of ketones is 1. The fraction of sp³-hybridized carbons (Fsp3) is 0.870. The molecule has 0 aromatic heterocycles. The second-order valence-electron chi connectivity index (χ2n) is 9.16. The second kappa shape index (κ2) is 16.4. The van der Waals surface area contributed by atoms with Crippen LogP contribution in [0.15, 0.2) is 0 Å². The van der Waals surface area contributed by atoms with Crippen molar-refractivity contribution >= 4 is 17.7 Å². The summed E-state index contributed by atoms with van der Waals surface area (Å²) in [6.07, 6.45) is 12.3. The fourth-order valence-electron chi connectivity index (χ4n) is 3.40. The first-order chi connectivity index (χ1) is 13.6. The molecule has 0 radical (unpaired) electrons. The van der Waals surface area contributed by atoms with Crippen molar-refractivity contribution < 1.29 is 28.7 Å². The number of hydrogen-bond donors (Lipinski definition) is 0. The van der Waals surface area contributed by atoms with Crippen LogP contribution < -0.4 is 5.11 Å². The first kappa shape index (κ1) is 27.6. The molecule has 0 saturated carbocycles. The number of likely N-dealkylation sites (N-methyl/N-ethyl adjacent to an activating group) is 1. The van der Waals surface area contributed by atoms with Crippen LogP contribution in [0.5, 0.6) is 0 Å². The number of Topliss-reactive ketones (excluding diaryl/α,β-unsaturated/α-hetero) is 1. The Balaban J connectivity index is 3.84. The number of carboxylic acids is 1. The van der Waals surface area contributed by atoms with Gasteiger partial charge in [0.25, 0.3) is 0 Å². The van der Waals surface area contributed by atoms with Gasteiger partial charge in [0.2, 0.25) is 0 Å². The molecule has 0 bridgehead atoms. The van der Waals surface area contributed by atoms with Crippen molar-refractivity contribution in [1.29, 1.82) is 0 Å². The number of esters is 1. The molecule has 0 aliphatic rings. The second-order valence-corrected chi connectivity index (χ2v) is 9.16. The zero-order valence-electron chi connectivity index (χ0n) is 19.2. The highest BCUT2D eigenvalue weighted by atomic mass is 16.5. The molecule has 0 heterocycles. The highest BCUT2D eigenvalue weighted by Crippen LogP contribution is 2.13. The minimum absolute atomic E-state index is 0.136. The number of nitrogens with zero attached hydrogens (tertiary/aromatic N) is 1. The Hall–Kier alpha value is -1.43. The third-order valence-electron chi connectivity index (χ3n) is 4.84. The fourth-order valence-corrected chi connectivity index (χ4v) is 3.40. The number of carboxylic acid groups (broad SMARTS) is 1. The molecule has 6 nitrogen and oxygen atoms in total. The molecule has 0 amide bonds. The summed E-state index contributed by atoms with van der Waals surface area (Å²) in [5.41, 5.74) is 0. The van der Waals surface area contributed by atoms with Crippen LogP contribution in [0.25, 0.3) is 0 Å². The molecule has 0 N–H and O–H groups in total. The van der Waals surface area contributed by atoms with Crippen molar-refractivity contribution in [3.63, 3.8) is 0 Å². The van der Waals surface area contributed by atoms with Crippen LogP contribution in [0.2, 0.25) is 0 Å². The maximum atomic E-state index is 12.0. The van der Waals surface area contributed by atoms with Crippen LogP contribution in [0.4, 0.5) is 0 Å². The summed E-state index contributed by atoms with van der Waals surface area (Å²) in [6.45, 7) is 2.58. The number of carbonyl (C=O) groups excluding carboxylic acids is 3. The van der Waals surface area contributed by atoms with Gasteiger partial charge < -0.3 is 19.1 Å². The summed E-state index contributed by atoms with van der Waals surface area (Å²) < 4.78 is 5.67. The largest absolute Gasteiger partial charge is 0.550 e. The summed E-state index contributed by atoms with van der Waals surface area (Å²) >= 11 is 0. The third kappa shape index (κ3) is 19.7. The summed E-state index contributed by atoms with van der Waals surface area (Å²) in [4.78, 5) is 34.8. The van der Waals surface area contributed by atoms with Crippen LogP contribution in [-0.2, 0) is 19.1 Å². The zero-order valence-corrected chi connectivity index (χ0v) is 19.2. The van der Waals surface area contributed by atoms with Crippen LogP contribution in [0, 0.1) is 0 Å². The molecule has 170 valence electrons. The highest BCUT2D eigenvalue weighted by Gasteiger charge is 2.23. The topological polar surface area (TPSA) is 83.5 Å². The quantitative estimate of drug-likeness (QED) is 0.140. The van der Waals surface area contributed by atoms with E-state index in [1.165, 1.54) is 51.4 Å². The monoisotopic (exact) mass is 413 g/mol. The number of hydrogen-bond acceptors (Lipinski definition) is 5. The predicted octanol–water partition coefficient (Wildman–Crippen LogP) is 3.40. The molecular formula is C23H43NO5. The first-order valence-electron chi connectivity index (χ1n) is 11.4. The first-order valence-corrected chi connectivity index (χ1v) is 11.4. The maximum Gasteiger partial charge on any atom is 0.313 e. The average Bonchev–Trinajstić information content (AvgIpc) is 2.57. The molecule has 29 heavy (non-hydrogen) atoms. The number of aliphatic carboxylic acids is 1. The Morgan fingerprint density at radius 3 is 1.76 bits per heavy atom. The van der Waals surface area contributed by atoms with Crippen molar-refractivity contribution in [3.05, 3.63) is 0 Å². The molecule has 1 unspecified atom stereocenters. The van der Waals surface area contributed by atoms with Gasteiger partial charge in [-0.05, 0) is 6.42 Å². The minimum Gasteiger partial charge on any atom is -0.550 e. The highest BCUT2D eigenvalue weighted by molar-refractivity contribution is 5.95. The van der Waals surface area contributed by atoms with Gasteiger partial charge in [0.05, 0.1) is 21.1 Å². The van der Waals surface area contributed by atoms with Gasteiger partial charge in [0.15, 0.2) is 6.10 Å². The molecule has 1 atom stereocenters. The van der Waals surface area contributed by atoms with E-state index in [1.54, 1.807) is 0 Å². The summed E-state index contributed by atoms with van der Waals surface area (Å²) in [5.74, 6) is -2.04. The molecule has 0 fully saturated rings. The van der Waals surface area contributed by atoms with E-state index in [1.807, 2.05) is 21.1 Å². The van der Waals surface area contributed by atoms with Crippen LogP contribution in [0.1, 0.15) is 96.8 Å². The Morgan fingerprint density at radius 1 is 0.828 bits per heavy atom. The van der Waals surface area contributed by atoms with E-state index in [0.717, 1.165) is 19.3 Å². The Labute approximate surface area is 177 Å². The Kier molecular flexibility index (Phi) is 15.6. The molecular weight excluding hydrogens is 370 g/mol. The average molecular weight is 414 g/mol. The van der Waals surface area contributed by atoms with Crippen molar-refractivity contribution in [3.8, 4) is 0 Å². The predicted molar refractivity (Wildman–Crippen MR) is 113 cm³/mol. The number of unbranched alkanes of at least 4 members (excludes halogenated alkanes) is 10. The van der Waals surface area contributed by atoms with Gasteiger partial charge in [-0.2, -0.15) is 0 Å². The van der Waals surface area contributed by atoms with Gasteiger partial charge in [-0.15, -0.1) is 0 Å². The van der Waals surface area contributed by atoms with E-state index < -0.39 is 18.0 Å². The van der Waals surface area contributed by atoms with E-state index in [2.05, 4.69) is 6.92 Å². The smallest absolute Gasteiger partial charge is 0.313 e. The SMILES string of the molecule is CCCCCCCCCCCCCC(=O)CC(=O)OC(CC(=O)[O-])C[N+](C)(C)C. The lowest BCUT2D eigenvalue weighted by molar-refractivity contribution is -0.873. The van der Waals surface area contributed by atoms with E-state index >= 15 is 0 Å². The van der Waals surface area contributed by atoms with Crippen molar-refractivity contribution in [1.82, 2.24) is 0 Å². The lowest BCUT2D eigenvalue weighted by atomic mass is 10.0. The Bertz CT molecular complexity index is 470. The van der Waals surface area contributed by atoms with Gasteiger partial charge in [0, 0.05) is 18.8 Å². The Morgan fingerprint density at radius 2 is 1.31 bits per heavy atom. The molecule has 0 rings (SSSR count). The summed E-state index contributed by atoms with van der Waals surface area (Å²) in [6, 6.07) is 0. The van der Waals surface area contributed by atoms with Crippen molar-refractivity contribution in [2.24, 2.45) is 0 Å². The normalized spacial score (nSPS) is 12.6. The van der Waals surface area contributed by atoms with Crippen LogP contribution in [0.3, 0.4) is 0 Å². The number of rotatable bonds is 19. The lowest BCUT2D eigenvalue weighted by Gasteiger charge is -2.29. The van der Waals surface area contributed by atoms with Gasteiger partial charge in [-0.3, -0.25) is 9.59 Å². The van der Waals surface area contributed by atoms with Crippen molar-refractivity contribution in [2.75, 3.05) is 27.7 Å². The number of carbonyl (C=O) groups is 3. The molecule has 0 aliphatic heterocycles. The molecule has 0 aromatic carbocycles. The van der Waals surface area contributed by atoms with Crippen LogP contribution >= 0.6 is 0 Å². The van der Waals surface area contributed by atoms with Gasteiger partial charge in [0.1, 0.15) is 18.7 Å². The van der Waals surface area contributed by atoms with Crippen molar-refractivity contribution in [2.45, 2.75) is 103 Å². The summed E-state index contributed by atoms with van der Waals surface area (Å²) in [5, 5.41) is 10.9. The molecule has 0 spiro atoms. The third-order valence-corrected chi connectivity index (χ3v) is 4.84. The summed E-state index contributed by atoms with van der Waals surface area (Å²) in [7, 11) is 5.65. The molecule has 6 heteroatoms. The number of quaternary nitrogens is 1. The van der Waals surface area contributed by atoms with E-state index in [4.69, 9.17) is 4.74 Å². The maximum absolute atomic E-state index is 12.0. The molecule has 0 aromatic rings. The van der Waals surface area contributed by atoms with E-state index in [0.29, 0.717) is 17.4 Å². The van der Waals surface area contributed by atoms with E-state index in [9.17, 15) is 19.5 Å². The minimum atomic E-state index is -1.26. The van der Waals surface area contributed by atoms with Gasteiger partial charge in [-0.1, -0.05) is 71.1 Å². The van der Waals surface area contributed by atoms with Gasteiger partial charge in [-0.25, -0.2) is 0 Å². The molecule has 0 aliphatic carbocycles.